The number of aromatic nitrogens is 3. The molecule has 7 heteroatoms. The Morgan fingerprint density at radius 1 is 1.69 bits per heavy atom. The van der Waals surface area contributed by atoms with Crippen molar-refractivity contribution in [2.45, 2.75) is 25.8 Å². The molecule has 0 saturated heterocycles. The lowest BCUT2D eigenvalue weighted by molar-refractivity contribution is -0.126. The molecule has 86 valence electrons. The summed E-state index contributed by atoms with van der Waals surface area (Å²) in [6.07, 6.45) is 2.32. The van der Waals surface area contributed by atoms with Crippen LogP contribution in [0.15, 0.2) is 6.33 Å². The van der Waals surface area contributed by atoms with E-state index in [9.17, 15) is 9.59 Å². The van der Waals surface area contributed by atoms with Gasteiger partial charge in [0.25, 0.3) is 5.91 Å². The van der Waals surface area contributed by atoms with Gasteiger partial charge in [-0.15, -0.1) is 0 Å². The van der Waals surface area contributed by atoms with Crippen molar-refractivity contribution in [1.82, 2.24) is 20.1 Å². The molecule has 0 bridgehead atoms. The number of fused-ring (bicyclic) bond motifs is 1. The Morgan fingerprint density at radius 3 is 3.25 bits per heavy atom. The highest BCUT2D eigenvalue weighted by Crippen LogP contribution is 2.23. The molecule has 0 aliphatic carbocycles. The second-order valence-corrected chi connectivity index (χ2v) is 3.59. The first-order valence-electron chi connectivity index (χ1n) is 5.19. The highest BCUT2D eigenvalue weighted by molar-refractivity contribution is 5.98. The van der Waals surface area contributed by atoms with Crippen LogP contribution >= 0.6 is 0 Å². The van der Waals surface area contributed by atoms with E-state index in [-0.39, 0.29) is 18.2 Å². The predicted octanol–water partition coefficient (Wildman–Crippen LogP) is -0.312. The molecular formula is C9H13N5O2. The third-order valence-electron chi connectivity index (χ3n) is 2.36. The summed E-state index contributed by atoms with van der Waals surface area (Å²) in [5, 5.41) is 9.19. The molecule has 2 heterocycles. The quantitative estimate of drug-likeness (QED) is 0.732. The van der Waals surface area contributed by atoms with Crippen LogP contribution in [-0.2, 0) is 9.59 Å². The molecule has 2 amide bonds. The van der Waals surface area contributed by atoms with Gasteiger partial charge in [0.15, 0.2) is 0 Å². The predicted molar refractivity (Wildman–Crippen MR) is 55.6 cm³/mol. The second-order valence-electron chi connectivity index (χ2n) is 3.59. The Kier molecular flexibility index (Phi) is 2.84. The first kappa shape index (κ1) is 10.6. The van der Waals surface area contributed by atoms with Crippen LogP contribution in [0, 0.1) is 0 Å². The second kappa shape index (κ2) is 4.30. The number of nitrogens with zero attached hydrogens (tertiary/aromatic N) is 3. The van der Waals surface area contributed by atoms with E-state index in [1.165, 1.54) is 11.0 Å². The van der Waals surface area contributed by atoms with E-state index in [4.69, 9.17) is 0 Å². The maximum absolute atomic E-state index is 11.5. The highest BCUT2D eigenvalue weighted by atomic mass is 16.2. The lowest BCUT2D eigenvalue weighted by atomic mass is 10.2. The summed E-state index contributed by atoms with van der Waals surface area (Å²) in [4.78, 5) is 26.8. The molecule has 0 aromatic carbocycles. The average Bonchev–Trinajstić information content (AvgIpc) is 2.79. The van der Waals surface area contributed by atoms with Crippen LogP contribution in [0.5, 0.6) is 0 Å². The summed E-state index contributed by atoms with van der Waals surface area (Å²) >= 11 is 0. The maximum Gasteiger partial charge on any atom is 0.252 e. The summed E-state index contributed by atoms with van der Waals surface area (Å²) in [5.41, 5.74) is 0. The van der Waals surface area contributed by atoms with Crippen LogP contribution < -0.4 is 10.6 Å². The molecule has 1 aromatic heterocycles. The van der Waals surface area contributed by atoms with Gasteiger partial charge in [-0.3, -0.25) is 14.9 Å². The van der Waals surface area contributed by atoms with Crippen molar-refractivity contribution in [2.75, 3.05) is 11.9 Å². The summed E-state index contributed by atoms with van der Waals surface area (Å²) in [6, 6.07) is -0.575. The lowest BCUT2D eigenvalue weighted by Gasteiger charge is -2.08. The van der Waals surface area contributed by atoms with Gasteiger partial charge in [0.1, 0.15) is 12.4 Å². The number of amides is 2. The van der Waals surface area contributed by atoms with Gasteiger partial charge < -0.3 is 5.32 Å². The third-order valence-corrected chi connectivity index (χ3v) is 2.36. The zero-order valence-corrected chi connectivity index (χ0v) is 8.93. The Labute approximate surface area is 92.2 Å². The Morgan fingerprint density at radius 2 is 2.50 bits per heavy atom. The minimum Gasteiger partial charge on any atom is -0.356 e. The molecule has 1 aliphatic heterocycles. The summed E-state index contributed by atoms with van der Waals surface area (Å²) in [6.45, 7) is 2.59. The standard InChI is InChI=1S/C9H13N5O2/c1-2-3-10-7(15)4-6-8(16)13-9-11-5-12-14(6)9/h5-6H,2-4H2,1H3,(H,10,15)(H,11,12,13,16)/t6-/m1/s1. The maximum atomic E-state index is 11.5. The van der Waals surface area contributed by atoms with E-state index < -0.39 is 6.04 Å². The van der Waals surface area contributed by atoms with Gasteiger partial charge in [-0.1, -0.05) is 6.92 Å². The fourth-order valence-electron chi connectivity index (χ4n) is 1.56. The van der Waals surface area contributed by atoms with Crippen molar-refractivity contribution in [1.29, 1.82) is 0 Å². The topological polar surface area (TPSA) is 88.9 Å². The fraction of sp³-hybridized carbons (Fsp3) is 0.556. The fourth-order valence-corrected chi connectivity index (χ4v) is 1.56. The van der Waals surface area contributed by atoms with Gasteiger partial charge in [-0.2, -0.15) is 10.1 Å². The molecule has 16 heavy (non-hydrogen) atoms. The van der Waals surface area contributed by atoms with Crippen LogP contribution in [0.1, 0.15) is 25.8 Å². The molecule has 7 nitrogen and oxygen atoms in total. The Balaban J connectivity index is 2.00. The molecule has 0 spiro atoms. The molecular weight excluding hydrogens is 210 g/mol. The molecule has 1 aliphatic rings. The monoisotopic (exact) mass is 223 g/mol. The number of rotatable bonds is 4. The summed E-state index contributed by atoms with van der Waals surface area (Å²) in [5.74, 6) is 0.0193. The van der Waals surface area contributed by atoms with Crippen LogP contribution in [0.3, 0.4) is 0 Å². The van der Waals surface area contributed by atoms with E-state index in [1.807, 2.05) is 6.92 Å². The number of anilines is 1. The van der Waals surface area contributed by atoms with Crippen LogP contribution in [0.4, 0.5) is 5.95 Å². The molecule has 0 unspecified atom stereocenters. The van der Waals surface area contributed by atoms with Gasteiger partial charge in [-0.05, 0) is 6.42 Å². The molecule has 0 fully saturated rings. The van der Waals surface area contributed by atoms with Crippen molar-refractivity contribution >= 4 is 17.8 Å². The van der Waals surface area contributed by atoms with Crippen molar-refractivity contribution in [3.8, 4) is 0 Å². The van der Waals surface area contributed by atoms with Gasteiger partial charge in [-0.25, -0.2) is 4.68 Å². The molecule has 0 saturated carbocycles. The lowest BCUT2D eigenvalue weighted by Crippen LogP contribution is -2.29. The summed E-state index contributed by atoms with van der Waals surface area (Å²) in [7, 11) is 0. The first-order chi connectivity index (χ1) is 7.72. The van der Waals surface area contributed by atoms with Crippen LogP contribution in [-0.4, -0.2) is 33.1 Å². The number of carbonyl (C=O) groups excluding carboxylic acids is 2. The third kappa shape index (κ3) is 1.88. The molecule has 2 rings (SSSR count). The van der Waals surface area contributed by atoms with Gasteiger partial charge in [0.2, 0.25) is 11.9 Å². The molecule has 2 N–H and O–H groups in total. The van der Waals surface area contributed by atoms with E-state index in [0.717, 1.165) is 6.42 Å². The zero-order chi connectivity index (χ0) is 11.5. The number of hydrogen-bond donors (Lipinski definition) is 2. The van der Waals surface area contributed by atoms with Gasteiger partial charge >= 0.3 is 0 Å². The van der Waals surface area contributed by atoms with Crippen LogP contribution in [0.2, 0.25) is 0 Å². The van der Waals surface area contributed by atoms with E-state index in [0.29, 0.717) is 12.5 Å². The normalized spacial score (nSPS) is 18.1. The zero-order valence-electron chi connectivity index (χ0n) is 8.93. The van der Waals surface area contributed by atoms with Crippen molar-refractivity contribution in [2.24, 2.45) is 0 Å². The van der Waals surface area contributed by atoms with E-state index in [1.54, 1.807) is 0 Å². The Hall–Kier alpha value is -1.92. The van der Waals surface area contributed by atoms with Crippen molar-refractivity contribution in [3.05, 3.63) is 6.33 Å². The summed E-state index contributed by atoms with van der Waals surface area (Å²) < 4.78 is 1.44. The number of hydrogen-bond acceptors (Lipinski definition) is 4. The minimum atomic E-state index is -0.575. The smallest absolute Gasteiger partial charge is 0.252 e. The Bertz CT molecular complexity index is 414. The minimum absolute atomic E-state index is 0.0994. The van der Waals surface area contributed by atoms with Crippen molar-refractivity contribution < 1.29 is 9.59 Å². The highest BCUT2D eigenvalue weighted by Gasteiger charge is 2.33. The first-order valence-corrected chi connectivity index (χ1v) is 5.19. The van der Waals surface area contributed by atoms with E-state index in [2.05, 4.69) is 20.7 Å². The van der Waals surface area contributed by atoms with Gasteiger partial charge in [0, 0.05) is 6.54 Å². The van der Waals surface area contributed by atoms with Crippen LogP contribution in [0.25, 0.3) is 0 Å². The number of carbonyl (C=O) groups is 2. The average molecular weight is 223 g/mol. The molecule has 0 radical (unpaired) electrons. The number of nitrogens with one attached hydrogen (secondary N) is 2. The van der Waals surface area contributed by atoms with Gasteiger partial charge in [0.05, 0.1) is 6.42 Å². The SMILES string of the molecule is CCCNC(=O)C[C@@H]1C(=O)Nc2ncnn21. The molecule has 1 atom stereocenters. The molecule has 1 aromatic rings. The van der Waals surface area contributed by atoms with E-state index >= 15 is 0 Å². The van der Waals surface area contributed by atoms with Crippen molar-refractivity contribution in [3.63, 3.8) is 0 Å². The largest absolute Gasteiger partial charge is 0.356 e.